The zero-order chi connectivity index (χ0) is 23.0. The van der Waals surface area contributed by atoms with Crippen molar-refractivity contribution in [3.05, 3.63) is 48.5 Å². The number of sulfone groups is 1. The smallest absolute Gasteiger partial charge is 0.242 e. The molecular weight excluding hydrogens is 422 g/mol. The molecule has 2 aromatic carbocycles. The summed E-state index contributed by atoms with van der Waals surface area (Å²) in [5, 5.41) is 6.25. The second-order valence-corrected chi connectivity index (χ2v) is 8.91. The van der Waals surface area contributed by atoms with Gasteiger partial charge in [-0.05, 0) is 55.0 Å². The van der Waals surface area contributed by atoms with Crippen LogP contribution in [0, 0.1) is 0 Å². The highest BCUT2D eigenvalue weighted by Crippen LogP contribution is 2.18. The van der Waals surface area contributed by atoms with Gasteiger partial charge in [-0.3, -0.25) is 14.4 Å². The fourth-order valence-electron chi connectivity index (χ4n) is 2.82. The van der Waals surface area contributed by atoms with E-state index in [1.54, 1.807) is 55.5 Å². The van der Waals surface area contributed by atoms with E-state index in [1.165, 1.54) is 14.0 Å². The molecule has 31 heavy (non-hydrogen) atoms. The molecule has 0 spiro atoms. The van der Waals surface area contributed by atoms with Crippen molar-refractivity contribution in [1.29, 1.82) is 0 Å². The van der Waals surface area contributed by atoms with Gasteiger partial charge in [-0.2, -0.15) is 0 Å². The van der Waals surface area contributed by atoms with E-state index in [9.17, 15) is 22.8 Å². The van der Waals surface area contributed by atoms with E-state index in [0.717, 1.165) is 0 Å². The Morgan fingerprint density at radius 3 is 1.84 bits per heavy atom. The number of anilines is 3. The molecule has 0 aliphatic carbocycles. The van der Waals surface area contributed by atoms with Gasteiger partial charge >= 0.3 is 0 Å². The molecule has 0 aliphatic heterocycles. The quantitative estimate of drug-likeness (QED) is 0.541. The first kappa shape index (κ1) is 23.9. The molecule has 166 valence electrons. The van der Waals surface area contributed by atoms with Crippen LogP contribution in [-0.4, -0.2) is 44.3 Å². The second-order valence-electron chi connectivity index (χ2n) is 6.73. The van der Waals surface area contributed by atoms with E-state index < -0.39 is 32.7 Å². The zero-order valence-corrected chi connectivity index (χ0v) is 18.3. The van der Waals surface area contributed by atoms with Crippen LogP contribution in [0.5, 0.6) is 5.75 Å². The Labute approximate surface area is 181 Å². The van der Waals surface area contributed by atoms with Crippen LogP contribution in [0.25, 0.3) is 0 Å². The number of amides is 3. The molecule has 10 heteroatoms. The molecule has 0 bridgehead atoms. The third-order valence-corrected chi connectivity index (χ3v) is 6.35. The summed E-state index contributed by atoms with van der Waals surface area (Å²) >= 11 is 0. The predicted molar refractivity (Wildman–Crippen MR) is 119 cm³/mol. The molecular formula is C21H25N3O6S. The maximum Gasteiger partial charge on any atom is 0.242 e. The molecule has 0 saturated heterocycles. The Bertz CT molecular complexity index is 1030. The number of ether oxygens (including phenoxy) is 1. The number of carbonyl (C=O) groups excluding carboxylic acids is 3. The van der Waals surface area contributed by atoms with Crippen molar-refractivity contribution >= 4 is 44.6 Å². The Hall–Kier alpha value is -3.40. The molecule has 3 N–H and O–H groups in total. The minimum Gasteiger partial charge on any atom is -0.497 e. The maximum atomic E-state index is 12.7. The minimum absolute atomic E-state index is 0.00789. The summed E-state index contributed by atoms with van der Waals surface area (Å²) in [6, 6.07) is 12.7. The van der Waals surface area contributed by atoms with E-state index in [-0.39, 0.29) is 12.3 Å². The van der Waals surface area contributed by atoms with Crippen molar-refractivity contribution in [1.82, 2.24) is 0 Å². The van der Waals surface area contributed by atoms with Gasteiger partial charge in [0.1, 0.15) is 16.8 Å². The van der Waals surface area contributed by atoms with Crippen molar-refractivity contribution in [3.63, 3.8) is 0 Å². The van der Waals surface area contributed by atoms with E-state index in [0.29, 0.717) is 22.8 Å². The first-order valence-electron chi connectivity index (χ1n) is 9.48. The van der Waals surface area contributed by atoms with Gasteiger partial charge in [0.05, 0.1) is 7.11 Å². The summed E-state index contributed by atoms with van der Waals surface area (Å²) in [5.74, 6) is -1.93. The number of rotatable bonds is 9. The highest BCUT2D eigenvalue weighted by atomic mass is 32.2. The topological polar surface area (TPSA) is 131 Å². The summed E-state index contributed by atoms with van der Waals surface area (Å²) in [4.78, 5) is 35.8. The van der Waals surface area contributed by atoms with Gasteiger partial charge < -0.3 is 20.7 Å². The molecule has 2 rings (SSSR count). The van der Waals surface area contributed by atoms with Crippen molar-refractivity contribution in [3.8, 4) is 5.75 Å². The molecule has 0 fully saturated rings. The van der Waals surface area contributed by atoms with Crippen molar-refractivity contribution in [2.24, 2.45) is 0 Å². The molecule has 1 unspecified atom stereocenters. The number of hydrogen-bond acceptors (Lipinski definition) is 6. The van der Waals surface area contributed by atoms with E-state index in [1.807, 2.05) is 0 Å². The second kappa shape index (κ2) is 10.6. The first-order valence-corrected chi connectivity index (χ1v) is 11.2. The van der Waals surface area contributed by atoms with Crippen LogP contribution in [0.4, 0.5) is 17.1 Å². The molecule has 0 aliphatic rings. The number of hydrogen-bond donors (Lipinski definition) is 3. The number of nitrogens with one attached hydrogen (secondary N) is 3. The van der Waals surface area contributed by atoms with Gasteiger partial charge in [0.15, 0.2) is 9.84 Å². The van der Waals surface area contributed by atoms with E-state index >= 15 is 0 Å². The predicted octanol–water partition coefficient (Wildman–Crippen LogP) is 2.42. The van der Waals surface area contributed by atoms with E-state index in [2.05, 4.69) is 16.0 Å². The summed E-state index contributed by atoms with van der Waals surface area (Å²) < 4.78 is 30.4. The fraction of sp³-hybridized carbons (Fsp3) is 0.286. The van der Waals surface area contributed by atoms with Crippen LogP contribution in [-0.2, 0) is 24.2 Å². The third kappa shape index (κ3) is 7.10. The standard InChI is InChI=1S/C21H25N3O6S/c1-4-19(21(27)24-17-7-5-15(6-8-17)22-14(2)25)31(28,29)13-20(26)23-16-9-11-18(30-3)12-10-16/h5-12,19H,4,13H2,1-3H3,(H,22,25)(H,23,26)(H,24,27). The zero-order valence-electron chi connectivity index (χ0n) is 17.5. The van der Waals surface area contributed by atoms with Gasteiger partial charge in [0.25, 0.3) is 0 Å². The molecule has 1 atom stereocenters. The lowest BCUT2D eigenvalue weighted by Crippen LogP contribution is -2.39. The lowest BCUT2D eigenvalue weighted by Gasteiger charge is -2.16. The van der Waals surface area contributed by atoms with Crippen LogP contribution in [0.1, 0.15) is 20.3 Å². The molecule has 9 nitrogen and oxygen atoms in total. The van der Waals surface area contributed by atoms with Crippen molar-refractivity contribution < 1.29 is 27.5 Å². The van der Waals surface area contributed by atoms with Crippen LogP contribution < -0.4 is 20.7 Å². The van der Waals surface area contributed by atoms with Crippen molar-refractivity contribution in [2.45, 2.75) is 25.5 Å². The average Bonchev–Trinajstić information content (AvgIpc) is 2.69. The molecule has 0 heterocycles. The minimum atomic E-state index is -4.05. The van der Waals surface area contributed by atoms with Gasteiger partial charge in [-0.25, -0.2) is 8.42 Å². The number of benzene rings is 2. The summed E-state index contributed by atoms with van der Waals surface area (Å²) in [7, 11) is -2.55. The molecule has 0 aromatic heterocycles. The fourth-order valence-corrected chi connectivity index (χ4v) is 4.35. The van der Waals surface area contributed by atoms with Gasteiger partial charge in [-0.15, -0.1) is 0 Å². The highest BCUT2D eigenvalue weighted by Gasteiger charge is 2.33. The Kier molecular flexibility index (Phi) is 8.14. The van der Waals surface area contributed by atoms with Crippen LogP contribution in [0.15, 0.2) is 48.5 Å². The third-order valence-electron chi connectivity index (χ3n) is 4.28. The molecule has 2 aromatic rings. The van der Waals surface area contributed by atoms with Crippen molar-refractivity contribution in [2.75, 3.05) is 28.8 Å². The molecule has 3 amide bonds. The Morgan fingerprint density at radius 1 is 0.871 bits per heavy atom. The number of carbonyl (C=O) groups is 3. The van der Waals surface area contributed by atoms with Crippen LogP contribution >= 0.6 is 0 Å². The average molecular weight is 448 g/mol. The van der Waals surface area contributed by atoms with Crippen LogP contribution in [0.2, 0.25) is 0 Å². The normalized spacial score (nSPS) is 11.8. The molecule has 0 radical (unpaired) electrons. The largest absolute Gasteiger partial charge is 0.497 e. The van der Waals surface area contributed by atoms with Crippen LogP contribution in [0.3, 0.4) is 0 Å². The van der Waals surface area contributed by atoms with Gasteiger partial charge in [0.2, 0.25) is 17.7 Å². The Morgan fingerprint density at radius 2 is 1.35 bits per heavy atom. The first-order chi connectivity index (χ1) is 14.6. The van der Waals surface area contributed by atoms with E-state index in [4.69, 9.17) is 4.74 Å². The van der Waals surface area contributed by atoms with Gasteiger partial charge in [0, 0.05) is 24.0 Å². The monoisotopic (exact) mass is 447 g/mol. The maximum absolute atomic E-state index is 12.7. The highest BCUT2D eigenvalue weighted by molar-refractivity contribution is 7.93. The molecule has 0 saturated carbocycles. The number of methoxy groups -OCH3 is 1. The SMILES string of the molecule is CCC(C(=O)Nc1ccc(NC(C)=O)cc1)S(=O)(=O)CC(=O)Nc1ccc(OC)cc1. The lowest BCUT2D eigenvalue weighted by atomic mass is 10.2. The van der Waals surface area contributed by atoms with Gasteiger partial charge in [-0.1, -0.05) is 6.92 Å². The summed E-state index contributed by atoms with van der Waals surface area (Å²) in [6.45, 7) is 2.93. The Balaban J connectivity index is 2.02. The lowest BCUT2D eigenvalue weighted by molar-refractivity contribution is -0.116. The summed E-state index contributed by atoms with van der Waals surface area (Å²) in [6.07, 6.45) is 0.00789. The summed E-state index contributed by atoms with van der Waals surface area (Å²) in [5.41, 5.74) is 1.33.